The van der Waals surface area contributed by atoms with Gasteiger partial charge in [-0.3, -0.25) is 4.79 Å². The minimum absolute atomic E-state index is 0. The van der Waals surface area contributed by atoms with Crippen LogP contribution in [0.15, 0.2) is 24.3 Å². The summed E-state index contributed by atoms with van der Waals surface area (Å²) in [5, 5.41) is 3.44. The Balaban J connectivity index is 0.00000147. The lowest BCUT2D eigenvalue weighted by Gasteiger charge is -2.24. The van der Waals surface area contributed by atoms with Gasteiger partial charge in [0.1, 0.15) is 5.75 Å². The minimum atomic E-state index is 0. The summed E-state index contributed by atoms with van der Waals surface area (Å²) in [5.74, 6) is 1.97. The monoisotopic (exact) mass is 295 g/mol. The zero-order chi connectivity index (χ0) is 13.1. The molecule has 1 aromatic carbocycles. The summed E-state index contributed by atoms with van der Waals surface area (Å²) in [6.07, 6.45) is 4.98. The largest absolute Gasteiger partial charge is 0.492 e. The van der Waals surface area contributed by atoms with Gasteiger partial charge in [-0.1, -0.05) is 25.0 Å². The van der Waals surface area contributed by atoms with E-state index < -0.39 is 0 Å². The van der Waals surface area contributed by atoms with Crippen molar-refractivity contribution >= 4 is 18.2 Å². The molecule has 3 nitrogen and oxygen atoms in total. The first-order valence-corrected chi connectivity index (χ1v) is 7.31. The number of benzene rings is 1. The fourth-order valence-corrected chi connectivity index (χ4v) is 2.61. The van der Waals surface area contributed by atoms with Gasteiger partial charge in [-0.15, -0.1) is 12.4 Å². The summed E-state index contributed by atoms with van der Waals surface area (Å²) < 4.78 is 5.66. The number of fused-ring (bicyclic) bond motifs is 1. The maximum Gasteiger partial charge on any atom is 0.173 e. The van der Waals surface area contributed by atoms with Crippen LogP contribution in [0.2, 0.25) is 0 Å². The molecule has 1 aromatic rings. The highest BCUT2D eigenvalue weighted by Gasteiger charge is 2.28. The van der Waals surface area contributed by atoms with Crippen LogP contribution in [-0.2, 0) is 0 Å². The molecule has 20 heavy (non-hydrogen) atoms. The van der Waals surface area contributed by atoms with Crippen molar-refractivity contribution in [1.82, 2.24) is 5.32 Å². The quantitative estimate of drug-likeness (QED) is 0.820. The summed E-state index contributed by atoms with van der Waals surface area (Å²) in [7, 11) is 0. The van der Waals surface area contributed by atoms with Gasteiger partial charge in [0.15, 0.2) is 5.78 Å². The van der Waals surface area contributed by atoms with E-state index in [9.17, 15) is 4.79 Å². The van der Waals surface area contributed by atoms with Crippen LogP contribution >= 0.6 is 12.4 Å². The fraction of sp³-hybridized carbons (Fsp3) is 0.562. The van der Waals surface area contributed by atoms with Crippen molar-refractivity contribution in [2.45, 2.75) is 25.7 Å². The number of ketones is 1. The highest BCUT2D eigenvalue weighted by molar-refractivity contribution is 6.01. The Morgan fingerprint density at radius 3 is 2.70 bits per heavy atom. The van der Waals surface area contributed by atoms with E-state index in [1.54, 1.807) is 0 Å². The second-order valence-electron chi connectivity index (χ2n) is 5.64. The standard InChI is InChI=1S/C16H21NO2.ClH/c18-16-13(8-10-17-9-7-12-5-6-12)11-19-15-4-2-1-3-14(15)16;/h1-4,12-13,17H,5-11H2;1H. The van der Waals surface area contributed by atoms with Crippen molar-refractivity contribution in [3.63, 3.8) is 0 Å². The number of Topliss-reactive ketones (excluding diaryl/α,β-unsaturated/α-hetero) is 1. The summed E-state index contributed by atoms with van der Waals surface area (Å²) >= 11 is 0. The van der Waals surface area contributed by atoms with Crippen LogP contribution in [-0.4, -0.2) is 25.5 Å². The Morgan fingerprint density at radius 2 is 1.90 bits per heavy atom. The lowest BCUT2D eigenvalue weighted by atomic mass is 9.92. The Labute approximate surface area is 126 Å². The Kier molecular flexibility index (Phi) is 5.44. The van der Waals surface area contributed by atoms with E-state index in [-0.39, 0.29) is 24.1 Å². The minimum Gasteiger partial charge on any atom is -0.492 e. The molecule has 1 saturated carbocycles. The Hall–Kier alpha value is -1.06. The zero-order valence-electron chi connectivity index (χ0n) is 11.6. The molecule has 0 bridgehead atoms. The number of hydrogen-bond donors (Lipinski definition) is 1. The highest BCUT2D eigenvalue weighted by atomic mass is 35.5. The number of rotatable bonds is 6. The lowest BCUT2D eigenvalue weighted by molar-refractivity contribution is 0.0821. The second-order valence-corrected chi connectivity index (χ2v) is 5.64. The number of para-hydroxylation sites is 1. The van der Waals surface area contributed by atoms with Crippen molar-refractivity contribution in [3.8, 4) is 5.75 Å². The molecule has 1 unspecified atom stereocenters. The zero-order valence-corrected chi connectivity index (χ0v) is 12.5. The molecule has 1 N–H and O–H groups in total. The molecule has 1 aliphatic heterocycles. The Bertz CT molecular complexity index is 460. The van der Waals surface area contributed by atoms with Crippen molar-refractivity contribution in [1.29, 1.82) is 0 Å². The molecule has 1 aliphatic carbocycles. The van der Waals surface area contributed by atoms with Gasteiger partial charge in [0.05, 0.1) is 18.1 Å². The molecule has 3 rings (SSSR count). The average Bonchev–Trinajstić information content (AvgIpc) is 3.25. The maximum atomic E-state index is 12.3. The van der Waals surface area contributed by atoms with Crippen molar-refractivity contribution in [2.24, 2.45) is 11.8 Å². The number of nitrogens with one attached hydrogen (secondary N) is 1. The van der Waals surface area contributed by atoms with Crippen molar-refractivity contribution < 1.29 is 9.53 Å². The lowest BCUT2D eigenvalue weighted by Crippen LogP contribution is -2.31. The third kappa shape index (κ3) is 3.74. The molecule has 1 heterocycles. The molecule has 0 amide bonds. The van der Waals surface area contributed by atoms with Crippen LogP contribution in [0.4, 0.5) is 0 Å². The summed E-state index contributed by atoms with van der Waals surface area (Å²) in [6.45, 7) is 2.53. The van der Waals surface area contributed by atoms with Gasteiger partial charge in [-0.25, -0.2) is 0 Å². The van der Waals surface area contributed by atoms with Crippen LogP contribution in [0.5, 0.6) is 5.75 Å². The third-order valence-corrected chi connectivity index (χ3v) is 4.06. The molecular weight excluding hydrogens is 274 g/mol. The van der Waals surface area contributed by atoms with Crippen molar-refractivity contribution in [2.75, 3.05) is 19.7 Å². The van der Waals surface area contributed by atoms with Crippen LogP contribution in [0.25, 0.3) is 0 Å². The van der Waals surface area contributed by atoms with E-state index in [4.69, 9.17) is 4.74 Å². The first kappa shape index (κ1) is 15.3. The molecule has 110 valence electrons. The van der Waals surface area contributed by atoms with E-state index >= 15 is 0 Å². The number of carbonyl (C=O) groups is 1. The van der Waals surface area contributed by atoms with Crippen LogP contribution < -0.4 is 10.1 Å². The molecule has 0 spiro atoms. The van der Waals surface area contributed by atoms with Gasteiger partial charge in [0.2, 0.25) is 0 Å². The average molecular weight is 296 g/mol. The van der Waals surface area contributed by atoms with Gasteiger partial charge >= 0.3 is 0 Å². The van der Waals surface area contributed by atoms with Gasteiger partial charge in [0.25, 0.3) is 0 Å². The van der Waals surface area contributed by atoms with E-state index in [0.29, 0.717) is 6.61 Å². The number of hydrogen-bond acceptors (Lipinski definition) is 3. The maximum absolute atomic E-state index is 12.3. The van der Waals surface area contributed by atoms with Crippen LogP contribution in [0.3, 0.4) is 0 Å². The smallest absolute Gasteiger partial charge is 0.173 e. The van der Waals surface area contributed by atoms with Gasteiger partial charge in [-0.2, -0.15) is 0 Å². The van der Waals surface area contributed by atoms with Crippen LogP contribution in [0.1, 0.15) is 36.0 Å². The first-order chi connectivity index (χ1) is 9.34. The summed E-state index contributed by atoms with van der Waals surface area (Å²) in [6, 6.07) is 7.55. The van der Waals surface area contributed by atoms with Crippen LogP contribution in [0, 0.1) is 11.8 Å². The van der Waals surface area contributed by atoms with E-state index in [0.717, 1.165) is 36.7 Å². The molecule has 2 aliphatic rings. The number of ether oxygens (including phenoxy) is 1. The number of carbonyl (C=O) groups excluding carboxylic acids is 1. The van der Waals surface area contributed by atoms with Gasteiger partial charge in [0, 0.05) is 0 Å². The molecule has 0 saturated heterocycles. The predicted octanol–water partition coefficient (Wildman–Crippen LogP) is 3.08. The van der Waals surface area contributed by atoms with E-state index in [2.05, 4.69) is 5.32 Å². The molecule has 1 fully saturated rings. The van der Waals surface area contributed by atoms with E-state index in [1.807, 2.05) is 24.3 Å². The topological polar surface area (TPSA) is 38.3 Å². The molecule has 1 atom stereocenters. The predicted molar refractivity (Wildman–Crippen MR) is 81.8 cm³/mol. The molecule has 0 aromatic heterocycles. The van der Waals surface area contributed by atoms with Gasteiger partial charge in [-0.05, 0) is 44.0 Å². The molecule has 4 heteroatoms. The second kappa shape index (κ2) is 7.09. The van der Waals surface area contributed by atoms with Crippen molar-refractivity contribution in [3.05, 3.63) is 29.8 Å². The highest BCUT2D eigenvalue weighted by Crippen LogP contribution is 2.31. The molecule has 0 radical (unpaired) electrons. The Morgan fingerprint density at radius 1 is 1.15 bits per heavy atom. The summed E-state index contributed by atoms with van der Waals surface area (Å²) in [4.78, 5) is 12.3. The third-order valence-electron chi connectivity index (χ3n) is 4.06. The molecular formula is C16H22ClNO2. The summed E-state index contributed by atoms with van der Waals surface area (Å²) in [5.41, 5.74) is 0.747. The SMILES string of the molecule is Cl.O=C1c2ccccc2OCC1CCNCCC1CC1. The fourth-order valence-electron chi connectivity index (χ4n) is 2.61. The number of halogens is 1. The van der Waals surface area contributed by atoms with E-state index in [1.165, 1.54) is 19.3 Å². The normalized spacial score (nSPS) is 20.8. The first-order valence-electron chi connectivity index (χ1n) is 7.31. The van der Waals surface area contributed by atoms with Gasteiger partial charge < -0.3 is 10.1 Å².